The zero-order chi connectivity index (χ0) is 17.0. The fourth-order valence-electron chi connectivity index (χ4n) is 4.46. The molecule has 0 aliphatic heterocycles. The highest BCUT2D eigenvalue weighted by Crippen LogP contribution is 2.63. The van der Waals surface area contributed by atoms with E-state index in [1.165, 1.54) is 36.9 Å². The SMILES string of the molecule is Cc1cc(C)n(Cc2cccc(-c3noc([C@@]45CCC[C@@H]4C5)n3)c2)n1. The molecule has 2 aromatic heterocycles. The van der Waals surface area contributed by atoms with E-state index in [2.05, 4.69) is 47.5 Å². The van der Waals surface area contributed by atoms with Gasteiger partial charge in [-0.05, 0) is 56.7 Å². The van der Waals surface area contributed by atoms with E-state index in [-0.39, 0.29) is 5.41 Å². The fourth-order valence-corrected chi connectivity index (χ4v) is 4.46. The Hall–Kier alpha value is -2.43. The molecule has 2 aliphatic rings. The van der Waals surface area contributed by atoms with Crippen LogP contribution in [0.1, 0.15) is 48.5 Å². The molecule has 0 saturated heterocycles. The van der Waals surface area contributed by atoms with Crippen LogP contribution in [0.4, 0.5) is 0 Å². The van der Waals surface area contributed by atoms with E-state index < -0.39 is 0 Å². The van der Waals surface area contributed by atoms with E-state index in [0.29, 0.717) is 5.82 Å². The number of benzene rings is 1. The van der Waals surface area contributed by atoms with Crippen molar-refractivity contribution in [1.29, 1.82) is 0 Å². The van der Waals surface area contributed by atoms with Crippen LogP contribution in [0.2, 0.25) is 0 Å². The summed E-state index contributed by atoms with van der Waals surface area (Å²) < 4.78 is 7.68. The Morgan fingerprint density at radius 1 is 1.28 bits per heavy atom. The number of fused-ring (bicyclic) bond motifs is 1. The van der Waals surface area contributed by atoms with Crippen LogP contribution in [0.25, 0.3) is 11.4 Å². The number of aryl methyl sites for hydroxylation is 2. The molecule has 128 valence electrons. The average Bonchev–Trinajstić information content (AvgIpc) is 3.00. The highest BCUT2D eigenvalue weighted by Gasteiger charge is 2.61. The van der Waals surface area contributed by atoms with Crippen LogP contribution >= 0.6 is 0 Å². The van der Waals surface area contributed by atoms with Crippen LogP contribution < -0.4 is 0 Å². The van der Waals surface area contributed by atoms with Gasteiger partial charge in [-0.15, -0.1) is 0 Å². The summed E-state index contributed by atoms with van der Waals surface area (Å²) >= 11 is 0. The third-order valence-electron chi connectivity index (χ3n) is 5.88. The molecule has 2 saturated carbocycles. The first-order valence-corrected chi connectivity index (χ1v) is 9.09. The number of rotatable bonds is 4. The molecule has 5 rings (SSSR count). The second-order valence-electron chi connectivity index (χ2n) is 7.66. The maximum atomic E-state index is 5.65. The molecule has 2 heterocycles. The maximum absolute atomic E-state index is 5.65. The molecule has 0 unspecified atom stereocenters. The van der Waals surface area contributed by atoms with Crippen LogP contribution in [-0.4, -0.2) is 19.9 Å². The van der Waals surface area contributed by atoms with Crippen molar-refractivity contribution in [2.24, 2.45) is 5.92 Å². The summed E-state index contributed by atoms with van der Waals surface area (Å²) in [7, 11) is 0. The van der Waals surface area contributed by atoms with Crippen molar-refractivity contribution in [3.05, 3.63) is 53.2 Å². The predicted molar refractivity (Wildman–Crippen MR) is 94.2 cm³/mol. The molecule has 0 N–H and O–H groups in total. The molecule has 2 fully saturated rings. The molecular weight excluding hydrogens is 312 g/mol. The number of hydrogen-bond donors (Lipinski definition) is 0. The van der Waals surface area contributed by atoms with Gasteiger partial charge >= 0.3 is 0 Å². The Bertz CT molecular complexity index is 941. The van der Waals surface area contributed by atoms with Gasteiger partial charge in [0.1, 0.15) is 0 Å². The van der Waals surface area contributed by atoms with Gasteiger partial charge in [-0.1, -0.05) is 29.8 Å². The summed E-state index contributed by atoms with van der Waals surface area (Å²) in [4.78, 5) is 4.75. The monoisotopic (exact) mass is 334 g/mol. The quantitative estimate of drug-likeness (QED) is 0.722. The third kappa shape index (κ3) is 2.41. The van der Waals surface area contributed by atoms with E-state index >= 15 is 0 Å². The van der Waals surface area contributed by atoms with Gasteiger partial charge in [0.25, 0.3) is 0 Å². The van der Waals surface area contributed by atoms with Gasteiger partial charge in [0.15, 0.2) is 0 Å². The van der Waals surface area contributed by atoms with Crippen LogP contribution in [0.5, 0.6) is 0 Å². The molecule has 0 bridgehead atoms. The van der Waals surface area contributed by atoms with Crippen molar-refractivity contribution in [2.75, 3.05) is 0 Å². The number of aromatic nitrogens is 4. The Kier molecular flexibility index (Phi) is 3.14. The van der Waals surface area contributed by atoms with Gasteiger partial charge in [0.2, 0.25) is 11.7 Å². The Morgan fingerprint density at radius 3 is 2.92 bits per heavy atom. The average molecular weight is 334 g/mol. The van der Waals surface area contributed by atoms with Crippen molar-refractivity contribution in [3.63, 3.8) is 0 Å². The van der Waals surface area contributed by atoms with Crippen molar-refractivity contribution in [2.45, 2.75) is 51.5 Å². The predicted octanol–water partition coefficient (Wildman–Crippen LogP) is 4.04. The van der Waals surface area contributed by atoms with Crippen LogP contribution in [-0.2, 0) is 12.0 Å². The van der Waals surface area contributed by atoms with Gasteiger partial charge in [0, 0.05) is 11.3 Å². The molecule has 0 spiro atoms. The first kappa shape index (κ1) is 14.9. The number of nitrogens with zero attached hydrogens (tertiary/aromatic N) is 4. The summed E-state index contributed by atoms with van der Waals surface area (Å²) in [6.45, 7) is 4.86. The lowest BCUT2D eigenvalue weighted by molar-refractivity contribution is 0.340. The summed E-state index contributed by atoms with van der Waals surface area (Å²) in [5.41, 5.74) is 4.64. The fraction of sp³-hybridized carbons (Fsp3) is 0.450. The largest absolute Gasteiger partial charge is 0.338 e. The smallest absolute Gasteiger partial charge is 0.233 e. The Labute approximate surface area is 147 Å². The van der Waals surface area contributed by atoms with E-state index in [0.717, 1.165) is 29.6 Å². The zero-order valence-electron chi connectivity index (χ0n) is 14.7. The van der Waals surface area contributed by atoms with E-state index in [9.17, 15) is 0 Å². The molecule has 0 radical (unpaired) electrons. The van der Waals surface area contributed by atoms with Crippen molar-refractivity contribution in [1.82, 2.24) is 19.9 Å². The first-order valence-electron chi connectivity index (χ1n) is 9.09. The Morgan fingerprint density at radius 2 is 2.20 bits per heavy atom. The number of hydrogen-bond acceptors (Lipinski definition) is 4. The van der Waals surface area contributed by atoms with Crippen molar-refractivity contribution in [3.8, 4) is 11.4 Å². The summed E-state index contributed by atoms with van der Waals surface area (Å²) in [6.07, 6.45) is 5.04. The van der Waals surface area contributed by atoms with Crippen LogP contribution in [0.3, 0.4) is 0 Å². The normalized spacial score (nSPS) is 24.5. The minimum atomic E-state index is 0.215. The van der Waals surface area contributed by atoms with E-state index in [1.807, 2.05) is 11.6 Å². The van der Waals surface area contributed by atoms with Gasteiger partial charge in [-0.3, -0.25) is 4.68 Å². The minimum absolute atomic E-state index is 0.215. The topological polar surface area (TPSA) is 56.7 Å². The van der Waals surface area contributed by atoms with Crippen LogP contribution in [0, 0.1) is 19.8 Å². The van der Waals surface area contributed by atoms with Gasteiger partial charge in [0.05, 0.1) is 17.7 Å². The third-order valence-corrected chi connectivity index (χ3v) is 5.88. The lowest BCUT2D eigenvalue weighted by atomic mass is 10.0. The van der Waals surface area contributed by atoms with Gasteiger partial charge in [-0.2, -0.15) is 10.1 Å². The molecule has 0 amide bonds. The minimum Gasteiger partial charge on any atom is -0.338 e. The van der Waals surface area contributed by atoms with E-state index in [4.69, 9.17) is 9.51 Å². The first-order chi connectivity index (χ1) is 12.1. The maximum Gasteiger partial charge on any atom is 0.233 e. The van der Waals surface area contributed by atoms with Gasteiger partial charge in [-0.25, -0.2) is 0 Å². The molecule has 3 aromatic rings. The lowest BCUT2D eigenvalue weighted by Gasteiger charge is -2.06. The molecule has 2 atom stereocenters. The summed E-state index contributed by atoms with van der Waals surface area (Å²) in [5.74, 6) is 2.34. The van der Waals surface area contributed by atoms with Crippen LogP contribution in [0.15, 0.2) is 34.9 Å². The zero-order valence-corrected chi connectivity index (χ0v) is 14.7. The lowest BCUT2D eigenvalue weighted by Crippen LogP contribution is -2.05. The second-order valence-corrected chi connectivity index (χ2v) is 7.66. The highest BCUT2D eigenvalue weighted by atomic mass is 16.5. The molecule has 25 heavy (non-hydrogen) atoms. The summed E-state index contributed by atoms with van der Waals surface area (Å²) in [6, 6.07) is 10.5. The Balaban J connectivity index is 1.41. The molecular formula is C20H22N4O. The van der Waals surface area contributed by atoms with E-state index in [1.54, 1.807) is 0 Å². The summed E-state index contributed by atoms with van der Waals surface area (Å²) in [5, 5.41) is 8.81. The molecule has 5 nitrogen and oxygen atoms in total. The van der Waals surface area contributed by atoms with Crippen molar-refractivity contribution < 1.29 is 4.52 Å². The second kappa shape index (κ2) is 5.28. The van der Waals surface area contributed by atoms with Crippen molar-refractivity contribution >= 4 is 0 Å². The molecule has 1 aromatic carbocycles. The molecule has 5 heteroatoms. The standard InChI is InChI=1S/C20H22N4O/c1-13-9-14(2)24(22-13)12-15-5-3-6-16(10-15)18-21-19(25-23-18)20-8-4-7-17(20)11-20/h3,5-6,9-10,17H,4,7-8,11-12H2,1-2H3/t17-,20-/m1/s1. The molecule has 2 aliphatic carbocycles. The van der Waals surface area contributed by atoms with Gasteiger partial charge < -0.3 is 4.52 Å². The highest BCUT2D eigenvalue weighted by molar-refractivity contribution is 5.55.